The fraction of sp³-hybridized carbons (Fsp3) is 0.968. The van der Waals surface area contributed by atoms with Crippen molar-refractivity contribution in [3.05, 3.63) is 0 Å². The minimum atomic E-state index is -2.50. The highest BCUT2D eigenvalue weighted by Gasteiger charge is 2.39. The summed E-state index contributed by atoms with van der Waals surface area (Å²) in [4.78, 5) is 12.2. The number of hydrogen-bond acceptors (Lipinski definition) is 5. The molecule has 37 heavy (non-hydrogen) atoms. The Morgan fingerprint density at radius 3 is 1.30 bits per heavy atom. The summed E-state index contributed by atoms with van der Waals surface area (Å²) in [5.74, 6) is 0.935. The summed E-state index contributed by atoms with van der Waals surface area (Å²) in [5, 5.41) is 0.377. The second kappa shape index (κ2) is 29.1. The maximum Gasteiger partial charge on any atom is 0.500 e. The smallest absolute Gasteiger partial charge is 0.374 e. The molecule has 0 aromatic rings. The predicted molar refractivity (Wildman–Crippen MR) is 166 cm³/mol. The van der Waals surface area contributed by atoms with E-state index in [-0.39, 0.29) is 0 Å². The molecule has 0 atom stereocenters. The first-order valence-corrected chi connectivity index (χ1v) is 19.1. The van der Waals surface area contributed by atoms with Crippen LogP contribution in [0.25, 0.3) is 0 Å². The zero-order valence-electron chi connectivity index (χ0n) is 25.4. The van der Waals surface area contributed by atoms with E-state index < -0.39 is 8.80 Å². The number of unbranched alkanes of at least 4 members (excludes halogenated alkanes) is 18. The second-order valence-electron chi connectivity index (χ2n) is 10.4. The summed E-state index contributed by atoms with van der Waals surface area (Å²) in [6, 6.07) is 0.875. The van der Waals surface area contributed by atoms with Crippen molar-refractivity contribution in [3.63, 3.8) is 0 Å². The van der Waals surface area contributed by atoms with Crippen molar-refractivity contribution in [2.24, 2.45) is 0 Å². The van der Waals surface area contributed by atoms with E-state index in [1.165, 1.54) is 114 Å². The first-order valence-electron chi connectivity index (χ1n) is 16.2. The lowest BCUT2D eigenvalue weighted by molar-refractivity contribution is -0.111. The third kappa shape index (κ3) is 24.9. The highest BCUT2D eigenvalue weighted by Crippen LogP contribution is 2.21. The fourth-order valence-electron chi connectivity index (χ4n) is 4.87. The molecule has 0 aliphatic rings. The van der Waals surface area contributed by atoms with E-state index >= 15 is 0 Å². The van der Waals surface area contributed by atoms with Crippen LogP contribution in [-0.2, 0) is 18.1 Å². The average molecular weight is 561 g/mol. The van der Waals surface area contributed by atoms with E-state index in [1.807, 2.05) is 20.8 Å². The molecule has 0 heterocycles. The van der Waals surface area contributed by atoms with Crippen molar-refractivity contribution in [3.8, 4) is 0 Å². The third-order valence-electron chi connectivity index (χ3n) is 6.97. The van der Waals surface area contributed by atoms with Gasteiger partial charge in [-0.05, 0) is 40.0 Å². The first kappa shape index (κ1) is 37.1. The molecule has 0 saturated heterocycles. The van der Waals surface area contributed by atoms with Gasteiger partial charge in [-0.25, -0.2) is 0 Å². The van der Waals surface area contributed by atoms with Crippen molar-refractivity contribution in [1.29, 1.82) is 0 Å². The summed E-state index contributed by atoms with van der Waals surface area (Å²) in [6.45, 7) is 10.2. The van der Waals surface area contributed by atoms with Crippen LogP contribution in [-0.4, -0.2) is 39.5 Å². The SMILES string of the molecule is CCCCCCCCCCCCCCCCCCCC(=O)SCCCCC[Si](OCC)(OCC)OCC. The zero-order chi connectivity index (χ0) is 27.3. The van der Waals surface area contributed by atoms with Gasteiger partial charge in [-0.1, -0.05) is 128 Å². The predicted octanol–water partition coefficient (Wildman–Crippen LogP) is 10.5. The van der Waals surface area contributed by atoms with E-state index in [2.05, 4.69) is 6.92 Å². The van der Waals surface area contributed by atoms with Gasteiger partial charge in [-0.3, -0.25) is 4.79 Å². The lowest BCUT2D eigenvalue weighted by atomic mass is 10.0. The molecule has 0 bridgehead atoms. The molecule has 0 aliphatic heterocycles. The van der Waals surface area contributed by atoms with E-state index in [4.69, 9.17) is 13.3 Å². The van der Waals surface area contributed by atoms with E-state index in [1.54, 1.807) is 0 Å². The number of thioether (sulfide) groups is 1. The fourth-order valence-corrected chi connectivity index (χ4v) is 8.42. The van der Waals surface area contributed by atoms with Crippen LogP contribution in [0.4, 0.5) is 0 Å². The molecule has 0 unspecified atom stereocenters. The van der Waals surface area contributed by atoms with Gasteiger partial charge < -0.3 is 13.3 Å². The highest BCUT2D eigenvalue weighted by molar-refractivity contribution is 8.13. The standard InChI is InChI=1S/C31H64O4SSi/c1-5-9-10-11-12-13-14-15-16-17-18-19-20-21-22-23-25-28-31(32)36-29-26-24-27-30-37(33-6-2,34-7-3)35-8-4/h5-30H2,1-4H3. The number of carbonyl (C=O) groups excluding carboxylic acids is 1. The molecule has 222 valence electrons. The molecule has 0 rings (SSSR count). The molecule has 0 aliphatic carbocycles. The largest absolute Gasteiger partial charge is 0.500 e. The van der Waals surface area contributed by atoms with Gasteiger partial charge in [0.1, 0.15) is 0 Å². The Labute approximate surface area is 237 Å². The molecule has 6 heteroatoms. The van der Waals surface area contributed by atoms with Crippen LogP contribution in [0, 0.1) is 0 Å². The molecular weight excluding hydrogens is 496 g/mol. The van der Waals surface area contributed by atoms with E-state index in [0.717, 1.165) is 43.9 Å². The van der Waals surface area contributed by atoms with Gasteiger partial charge in [0.15, 0.2) is 5.12 Å². The Hall–Kier alpha value is 0.117. The van der Waals surface area contributed by atoms with Crippen LogP contribution in [0.5, 0.6) is 0 Å². The number of hydrogen-bond donors (Lipinski definition) is 0. The minimum absolute atomic E-state index is 0.377. The van der Waals surface area contributed by atoms with E-state index in [0.29, 0.717) is 24.9 Å². The Morgan fingerprint density at radius 1 is 0.514 bits per heavy atom. The molecule has 4 nitrogen and oxygen atoms in total. The molecule has 0 amide bonds. The Morgan fingerprint density at radius 2 is 0.892 bits per heavy atom. The molecule has 0 radical (unpaired) electrons. The second-order valence-corrected chi connectivity index (χ2v) is 14.3. The lowest BCUT2D eigenvalue weighted by Gasteiger charge is -2.28. The molecule has 0 saturated carbocycles. The molecule has 0 aromatic carbocycles. The summed E-state index contributed by atoms with van der Waals surface area (Å²) in [6.07, 6.45) is 27.4. The van der Waals surface area contributed by atoms with Crippen molar-refractivity contribution in [1.82, 2.24) is 0 Å². The normalized spacial score (nSPS) is 11.9. The van der Waals surface area contributed by atoms with Gasteiger partial charge in [-0.2, -0.15) is 0 Å². The van der Waals surface area contributed by atoms with Gasteiger partial charge in [0.05, 0.1) is 0 Å². The van der Waals surface area contributed by atoms with Crippen LogP contribution in [0.2, 0.25) is 6.04 Å². The third-order valence-corrected chi connectivity index (χ3v) is 11.1. The summed E-state index contributed by atoms with van der Waals surface area (Å²) in [5.41, 5.74) is 0. The zero-order valence-corrected chi connectivity index (χ0v) is 27.2. The molecular formula is C31H64O4SSi. The summed E-state index contributed by atoms with van der Waals surface area (Å²) >= 11 is 1.53. The summed E-state index contributed by atoms with van der Waals surface area (Å²) < 4.78 is 17.7. The molecule has 0 fully saturated rings. The van der Waals surface area contributed by atoms with Crippen molar-refractivity contribution in [2.75, 3.05) is 25.6 Å². The first-order chi connectivity index (χ1) is 18.1. The van der Waals surface area contributed by atoms with E-state index in [9.17, 15) is 4.79 Å². The summed E-state index contributed by atoms with van der Waals surface area (Å²) in [7, 11) is -2.50. The van der Waals surface area contributed by atoms with Crippen LogP contribution < -0.4 is 0 Å². The number of rotatable bonds is 30. The average Bonchev–Trinajstić information content (AvgIpc) is 2.88. The van der Waals surface area contributed by atoms with Gasteiger partial charge in [0.2, 0.25) is 0 Å². The van der Waals surface area contributed by atoms with Crippen molar-refractivity contribution >= 4 is 25.7 Å². The quantitative estimate of drug-likeness (QED) is 0.0645. The Bertz CT molecular complexity index is 461. The lowest BCUT2D eigenvalue weighted by Crippen LogP contribution is -2.45. The van der Waals surface area contributed by atoms with Gasteiger partial charge in [-0.15, -0.1) is 0 Å². The van der Waals surface area contributed by atoms with Crippen LogP contribution in [0.15, 0.2) is 0 Å². The van der Waals surface area contributed by atoms with Crippen LogP contribution in [0.1, 0.15) is 163 Å². The van der Waals surface area contributed by atoms with Gasteiger partial charge in [0.25, 0.3) is 0 Å². The molecule has 0 N–H and O–H groups in total. The van der Waals surface area contributed by atoms with Crippen molar-refractivity contribution in [2.45, 2.75) is 169 Å². The molecule has 0 spiro atoms. The van der Waals surface area contributed by atoms with Crippen LogP contribution in [0.3, 0.4) is 0 Å². The van der Waals surface area contributed by atoms with Crippen LogP contribution >= 0.6 is 11.8 Å². The monoisotopic (exact) mass is 560 g/mol. The number of carbonyl (C=O) groups is 1. The minimum Gasteiger partial charge on any atom is -0.374 e. The van der Waals surface area contributed by atoms with Crippen molar-refractivity contribution < 1.29 is 18.1 Å². The maximum atomic E-state index is 12.2. The topological polar surface area (TPSA) is 44.8 Å². The Kier molecular flexibility index (Phi) is 29.2. The Balaban J connectivity index is 3.45. The highest BCUT2D eigenvalue weighted by atomic mass is 32.2. The van der Waals surface area contributed by atoms with Gasteiger partial charge >= 0.3 is 8.80 Å². The maximum absolute atomic E-state index is 12.2. The van der Waals surface area contributed by atoms with Gasteiger partial charge in [0, 0.05) is 38.0 Å². The molecule has 0 aromatic heterocycles.